The number of sulfonamides is 1. The first kappa shape index (κ1) is 25.2. The quantitative estimate of drug-likeness (QED) is 0.363. The molecule has 0 aliphatic carbocycles. The highest BCUT2D eigenvalue weighted by Crippen LogP contribution is 2.31. The van der Waals surface area contributed by atoms with Crippen LogP contribution in [-0.4, -0.2) is 39.0 Å². The fraction of sp³-hybridized carbons (Fsp3) is 0.192. The number of H-pyrrole nitrogens is 1. The summed E-state index contributed by atoms with van der Waals surface area (Å²) in [6, 6.07) is 16.9. The molecular formula is C26H25FN2O6S. The topological polar surface area (TPSA) is 97.9 Å². The number of nitrogens with zero attached hydrogens (tertiary/aromatic N) is 1. The van der Waals surface area contributed by atoms with E-state index in [1.54, 1.807) is 42.5 Å². The molecule has 0 saturated heterocycles. The molecule has 36 heavy (non-hydrogen) atoms. The lowest BCUT2D eigenvalue weighted by Gasteiger charge is -2.23. The van der Waals surface area contributed by atoms with Gasteiger partial charge in [-0.2, -0.15) is 4.31 Å². The number of hydrogen-bond donors (Lipinski definition) is 1. The van der Waals surface area contributed by atoms with Crippen LogP contribution in [0.15, 0.2) is 76.4 Å². The Balaban J connectivity index is 1.79. The molecule has 0 atom stereocenters. The maximum Gasteiger partial charge on any atom is 0.252 e. The molecule has 1 N–H and O–H groups in total. The number of aromatic nitrogens is 1. The van der Waals surface area contributed by atoms with E-state index < -0.39 is 26.3 Å². The molecule has 188 valence electrons. The molecule has 4 rings (SSSR count). The Morgan fingerprint density at radius 2 is 1.53 bits per heavy atom. The standard InChI is InChI=1S/C26H25FN2O6S/c1-33-20-10-8-17(9-11-20)15-29(36(31,32)25-7-5-4-6-21(25)27)16-19-12-18-13-23(34-2)24(35-3)14-22(18)28-26(19)30/h4-14H,15-16H2,1-3H3,(H,28,30). The average molecular weight is 513 g/mol. The Hall–Kier alpha value is -3.89. The van der Waals surface area contributed by atoms with Crippen molar-refractivity contribution in [2.75, 3.05) is 21.3 Å². The first-order valence-corrected chi connectivity index (χ1v) is 12.4. The van der Waals surface area contributed by atoms with E-state index in [2.05, 4.69) is 4.98 Å². The second-order valence-corrected chi connectivity index (χ2v) is 9.88. The third kappa shape index (κ3) is 5.05. The third-order valence-corrected chi connectivity index (χ3v) is 7.57. The molecule has 0 fully saturated rings. The van der Waals surface area contributed by atoms with E-state index in [1.165, 1.54) is 39.5 Å². The van der Waals surface area contributed by atoms with Gasteiger partial charge in [-0.15, -0.1) is 0 Å². The van der Waals surface area contributed by atoms with Gasteiger partial charge in [-0.1, -0.05) is 24.3 Å². The Kier molecular flexibility index (Phi) is 7.27. The van der Waals surface area contributed by atoms with Crippen molar-refractivity contribution in [3.05, 3.63) is 94.0 Å². The maximum atomic E-state index is 14.5. The monoisotopic (exact) mass is 512 g/mol. The molecule has 4 aromatic rings. The highest BCUT2D eigenvalue weighted by Gasteiger charge is 2.28. The normalized spacial score (nSPS) is 11.6. The van der Waals surface area contributed by atoms with Crippen LogP contribution in [-0.2, 0) is 23.1 Å². The minimum absolute atomic E-state index is 0.0932. The molecule has 0 bridgehead atoms. The summed E-state index contributed by atoms with van der Waals surface area (Å²) in [4.78, 5) is 15.2. The first-order valence-electron chi connectivity index (χ1n) is 10.9. The summed E-state index contributed by atoms with van der Waals surface area (Å²) >= 11 is 0. The maximum absolute atomic E-state index is 14.5. The van der Waals surface area contributed by atoms with Crippen molar-refractivity contribution in [1.29, 1.82) is 0 Å². The van der Waals surface area contributed by atoms with Gasteiger partial charge in [0.15, 0.2) is 11.5 Å². The highest BCUT2D eigenvalue weighted by atomic mass is 32.2. The minimum Gasteiger partial charge on any atom is -0.497 e. The largest absolute Gasteiger partial charge is 0.497 e. The van der Waals surface area contributed by atoms with Crippen molar-refractivity contribution in [1.82, 2.24) is 9.29 Å². The number of aromatic amines is 1. The van der Waals surface area contributed by atoms with Gasteiger partial charge in [0.05, 0.1) is 26.8 Å². The molecule has 0 unspecified atom stereocenters. The average Bonchev–Trinajstić information content (AvgIpc) is 2.88. The number of benzene rings is 3. The summed E-state index contributed by atoms with van der Waals surface area (Å²) < 4.78 is 58.5. The van der Waals surface area contributed by atoms with Gasteiger partial charge >= 0.3 is 0 Å². The van der Waals surface area contributed by atoms with Crippen LogP contribution in [0.4, 0.5) is 4.39 Å². The van der Waals surface area contributed by atoms with Gasteiger partial charge in [-0.05, 0) is 42.0 Å². The summed E-state index contributed by atoms with van der Waals surface area (Å²) in [6.07, 6.45) is 0. The molecule has 0 radical (unpaired) electrons. The molecule has 1 aromatic heterocycles. The van der Waals surface area contributed by atoms with Crippen molar-refractivity contribution < 1.29 is 27.0 Å². The fourth-order valence-electron chi connectivity index (χ4n) is 3.84. The summed E-state index contributed by atoms with van der Waals surface area (Å²) in [5.74, 6) is 0.632. The second kappa shape index (κ2) is 10.4. The Morgan fingerprint density at radius 1 is 0.861 bits per heavy atom. The van der Waals surface area contributed by atoms with Crippen LogP contribution < -0.4 is 19.8 Å². The summed E-state index contributed by atoms with van der Waals surface area (Å²) in [5, 5.41) is 0.620. The minimum atomic E-state index is -4.31. The van der Waals surface area contributed by atoms with Gasteiger partial charge in [0.1, 0.15) is 16.5 Å². The number of rotatable bonds is 9. The van der Waals surface area contributed by atoms with Gasteiger partial charge in [-0.3, -0.25) is 4.79 Å². The predicted molar refractivity (Wildman–Crippen MR) is 133 cm³/mol. The SMILES string of the molecule is COc1ccc(CN(Cc2cc3cc(OC)c(OC)cc3[nH]c2=O)S(=O)(=O)c2ccccc2F)cc1. The molecule has 0 amide bonds. The lowest BCUT2D eigenvalue weighted by molar-refractivity contribution is 0.355. The number of methoxy groups -OCH3 is 3. The second-order valence-electron chi connectivity index (χ2n) is 7.97. The summed E-state index contributed by atoms with van der Waals surface area (Å²) in [7, 11) is 0.201. The van der Waals surface area contributed by atoms with Crippen molar-refractivity contribution in [3.63, 3.8) is 0 Å². The van der Waals surface area contributed by atoms with Gasteiger partial charge in [-0.25, -0.2) is 12.8 Å². The van der Waals surface area contributed by atoms with E-state index in [9.17, 15) is 17.6 Å². The molecule has 3 aromatic carbocycles. The Morgan fingerprint density at radius 3 is 2.17 bits per heavy atom. The molecule has 0 aliphatic heterocycles. The van der Waals surface area contributed by atoms with Crippen LogP contribution in [0, 0.1) is 5.82 Å². The number of pyridine rings is 1. The van der Waals surface area contributed by atoms with Crippen molar-refractivity contribution in [2.24, 2.45) is 0 Å². The van der Waals surface area contributed by atoms with E-state index in [0.717, 1.165) is 10.4 Å². The van der Waals surface area contributed by atoms with Gasteiger partial charge < -0.3 is 19.2 Å². The van der Waals surface area contributed by atoms with E-state index in [0.29, 0.717) is 33.7 Å². The smallest absolute Gasteiger partial charge is 0.252 e. The molecule has 0 saturated carbocycles. The van der Waals surface area contributed by atoms with E-state index in [1.807, 2.05) is 0 Å². The number of ether oxygens (including phenoxy) is 3. The molecule has 1 heterocycles. The number of halogens is 1. The lowest BCUT2D eigenvalue weighted by atomic mass is 10.1. The fourth-order valence-corrected chi connectivity index (χ4v) is 5.31. The van der Waals surface area contributed by atoms with Crippen LogP contribution in [0.2, 0.25) is 0 Å². The van der Waals surface area contributed by atoms with Crippen LogP contribution in [0.5, 0.6) is 17.2 Å². The van der Waals surface area contributed by atoms with E-state index >= 15 is 0 Å². The molecule has 0 spiro atoms. The van der Waals surface area contributed by atoms with Crippen LogP contribution in [0.25, 0.3) is 10.9 Å². The van der Waals surface area contributed by atoms with Gasteiger partial charge in [0.2, 0.25) is 10.0 Å². The molecular weight excluding hydrogens is 487 g/mol. The number of fused-ring (bicyclic) bond motifs is 1. The summed E-state index contributed by atoms with van der Waals surface area (Å²) in [6.45, 7) is -0.383. The molecule has 8 nitrogen and oxygen atoms in total. The number of hydrogen-bond acceptors (Lipinski definition) is 6. The Bertz CT molecular complexity index is 1550. The zero-order valence-corrected chi connectivity index (χ0v) is 20.8. The van der Waals surface area contributed by atoms with Crippen LogP contribution in [0.3, 0.4) is 0 Å². The summed E-state index contributed by atoms with van der Waals surface area (Å²) in [5.41, 5.74) is 0.848. The van der Waals surface area contributed by atoms with Gasteiger partial charge in [0.25, 0.3) is 5.56 Å². The van der Waals surface area contributed by atoms with Crippen molar-refractivity contribution >= 4 is 20.9 Å². The predicted octanol–water partition coefficient (Wildman–Crippen LogP) is 4.08. The zero-order valence-electron chi connectivity index (χ0n) is 19.9. The Labute approximate surface area is 207 Å². The molecule has 10 heteroatoms. The van der Waals surface area contributed by atoms with Crippen molar-refractivity contribution in [3.8, 4) is 17.2 Å². The lowest BCUT2D eigenvalue weighted by Crippen LogP contribution is -2.33. The molecule has 0 aliphatic rings. The van der Waals surface area contributed by atoms with Crippen LogP contribution >= 0.6 is 0 Å². The van der Waals surface area contributed by atoms with E-state index in [4.69, 9.17) is 14.2 Å². The third-order valence-electron chi connectivity index (χ3n) is 5.74. The zero-order chi connectivity index (χ0) is 25.9. The van der Waals surface area contributed by atoms with E-state index in [-0.39, 0.29) is 18.7 Å². The first-order chi connectivity index (χ1) is 17.3. The van der Waals surface area contributed by atoms with Gasteiger partial charge in [0, 0.05) is 30.1 Å². The number of nitrogens with one attached hydrogen (secondary N) is 1. The van der Waals surface area contributed by atoms with Crippen LogP contribution in [0.1, 0.15) is 11.1 Å². The highest BCUT2D eigenvalue weighted by molar-refractivity contribution is 7.89. The van der Waals surface area contributed by atoms with Crippen molar-refractivity contribution in [2.45, 2.75) is 18.0 Å².